The smallest absolute Gasteiger partial charge is 0.278 e. The van der Waals surface area contributed by atoms with Crippen LogP contribution in [-0.2, 0) is 20.7 Å². The lowest BCUT2D eigenvalue weighted by atomic mass is 10.0. The number of fused-ring (bicyclic) bond motifs is 1. The van der Waals surface area contributed by atoms with Gasteiger partial charge in [0.2, 0.25) is 0 Å². The highest BCUT2D eigenvalue weighted by Gasteiger charge is 2.44. The summed E-state index contributed by atoms with van der Waals surface area (Å²) in [6.07, 6.45) is 2.60. The summed E-state index contributed by atoms with van der Waals surface area (Å²) in [5.74, 6) is -0.501. The van der Waals surface area contributed by atoms with E-state index in [1.807, 2.05) is 23.1 Å². The largest absolute Gasteiger partial charge is 0.376 e. The third kappa shape index (κ3) is 3.15. The molecule has 2 aromatic rings. The van der Waals surface area contributed by atoms with Crippen molar-refractivity contribution in [1.82, 2.24) is 4.90 Å². The van der Waals surface area contributed by atoms with Crippen LogP contribution in [0.25, 0.3) is 5.57 Å². The molecule has 1 unspecified atom stereocenters. The SMILES string of the molecule is O=C1C(c2ccc(Cl)cc2)=C(N2CCc3ccccc32)C(=O)N1CC1CCCO1. The highest BCUT2D eigenvalue weighted by Crippen LogP contribution is 2.39. The fourth-order valence-corrected chi connectivity index (χ4v) is 4.54. The fourth-order valence-electron chi connectivity index (χ4n) is 4.42. The summed E-state index contributed by atoms with van der Waals surface area (Å²) in [7, 11) is 0. The average Bonchev–Trinajstić information content (AvgIpc) is 3.44. The highest BCUT2D eigenvalue weighted by atomic mass is 35.5. The van der Waals surface area contributed by atoms with E-state index >= 15 is 0 Å². The molecule has 0 aliphatic carbocycles. The zero-order chi connectivity index (χ0) is 20.0. The van der Waals surface area contributed by atoms with E-state index in [-0.39, 0.29) is 17.9 Å². The van der Waals surface area contributed by atoms with E-state index in [0.717, 1.165) is 24.9 Å². The Balaban J connectivity index is 1.59. The van der Waals surface area contributed by atoms with Gasteiger partial charge >= 0.3 is 0 Å². The topological polar surface area (TPSA) is 49.9 Å². The summed E-state index contributed by atoms with van der Waals surface area (Å²) < 4.78 is 5.69. The predicted molar refractivity (Wildman–Crippen MR) is 112 cm³/mol. The molecule has 5 rings (SSSR count). The fraction of sp³-hybridized carbons (Fsp3) is 0.304. The summed E-state index contributed by atoms with van der Waals surface area (Å²) in [6.45, 7) is 1.66. The highest BCUT2D eigenvalue weighted by molar-refractivity contribution is 6.37. The van der Waals surface area contributed by atoms with Crippen molar-refractivity contribution in [1.29, 1.82) is 0 Å². The number of rotatable bonds is 4. The van der Waals surface area contributed by atoms with E-state index in [4.69, 9.17) is 16.3 Å². The Bertz CT molecular complexity index is 1010. The number of para-hydroxylation sites is 1. The first-order valence-electron chi connectivity index (χ1n) is 9.97. The predicted octanol–water partition coefficient (Wildman–Crippen LogP) is 3.66. The van der Waals surface area contributed by atoms with E-state index in [9.17, 15) is 9.59 Å². The normalized spacial score (nSPS) is 21.5. The summed E-state index contributed by atoms with van der Waals surface area (Å²) >= 11 is 6.05. The van der Waals surface area contributed by atoms with Gasteiger partial charge in [-0.2, -0.15) is 0 Å². The minimum absolute atomic E-state index is 0.0837. The number of carbonyl (C=O) groups is 2. The molecule has 0 saturated carbocycles. The van der Waals surface area contributed by atoms with E-state index in [2.05, 4.69) is 6.07 Å². The van der Waals surface area contributed by atoms with E-state index in [1.165, 1.54) is 10.5 Å². The summed E-state index contributed by atoms with van der Waals surface area (Å²) in [4.78, 5) is 30.2. The number of hydrogen-bond donors (Lipinski definition) is 0. The first kappa shape index (κ1) is 18.4. The molecule has 0 spiro atoms. The van der Waals surface area contributed by atoms with Crippen molar-refractivity contribution in [2.75, 3.05) is 24.6 Å². The van der Waals surface area contributed by atoms with Crippen LogP contribution in [-0.4, -0.2) is 42.5 Å². The third-order valence-electron chi connectivity index (χ3n) is 5.84. The number of carbonyl (C=O) groups excluding carboxylic acids is 2. The van der Waals surface area contributed by atoms with Gasteiger partial charge in [-0.05, 0) is 48.6 Å². The van der Waals surface area contributed by atoms with Crippen molar-refractivity contribution < 1.29 is 14.3 Å². The number of anilines is 1. The molecule has 5 nitrogen and oxygen atoms in total. The van der Waals surface area contributed by atoms with Gasteiger partial charge in [0.15, 0.2) is 0 Å². The van der Waals surface area contributed by atoms with Crippen molar-refractivity contribution in [3.63, 3.8) is 0 Å². The molecule has 29 heavy (non-hydrogen) atoms. The Hall–Kier alpha value is -2.63. The molecule has 0 aromatic heterocycles. The van der Waals surface area contributed by atoms with Gasteiger partial charge in [-0.15, -0.1) is 0 Å². The first-order chi connectivity index (χ1) is 14.1. The van der Waals surface area contributed by atoms with E-state index in [0.29, 0.717) is 41.6 Å². The van der Waals surface area contributed by atoms with Gasteiger partial charge in [0.05, 0.1) is 18.2 Å². The average molecular weight is 409 g/mol. The van der Waals surface area contributed by atoms with E-state index < -0.39 is 0 Å². The van der Waals surface area contributed by atoms with Crippen molar-refractivity contribution in [3.8, 4) is 0 Å². The molecule has 1 saturated heterocycles. The molecule has 0 bridgehead atoms. The van der Waals surface area contributed by atoms with Gasteiger partial charge in [0.25, 0.3) is 11.8 Å². The lowest BCUT2D eigenvalue weighted by Crippen LogP contribution is -2.39. The van der Waals surface area contributed by atoms with Gasteiger partial charge in [-0.25, -0.2) is 0 Å². The van der Waals surface area contributed by atoms with Crippen LogP contribution in [0.3, 0.4) is 0 Å². The molecule has 2 aromatic carbocycles. The minimum atomic E-state index is -0.257. The van der Waals surface area contributed by atoms with Crippen LogP contribution >= 0.6 is 11.6 Å². The molecular weight excluding hydrogens is 388 g/mol. The molecule has 6 heteroatoms. The molecule has 0 N–H and O–H groups in total. The van der Waals surface area contributed by atoms with Gasteiger partial charge in [0.1, 0.15) is 5.70 Å². The lowest BCUT2D eigenvalue weighted by Gasteiger charge is -2.23. The second-order valence-electron chi connectivity index (χ2n) is 7.62. The van der Waals surface area contributed by atoms with Crippen LogP contribution in [0.15, 0.2) is 54.2 Å². The van der Waals surface area contributed by atoms with Gasteiger partial charge < -0.3 is 9.64 Å². The quantitative estimate of drug-likeness (QED) is 0.724. The minimum Gasteiger partial charge on any atom is -0.376 e. The van der Waals surface area contributed by atoms with Crippen molar-refractivity contribution in [3.05, 3.63) is 70.4 Å². The molecule has 1 atom stereocenters. The number of imide groups is 1. The number of benzene rings is 2. The Morgan fingerprint density at radius 3 is 2.59 bits per heavy atom. The van der Waals surface area contributed by atoms with Crippen molar-refractivity contribution in [2.45, 2.75) is 25.4 Å². The van der Waals surface area contributed by atoms with Gasteiger partial charge in [0, 0.05) is 23.9 Å². The molecule has 148 valence electrons. The number of amides is 2. The zero-order valence-electron chi connectivity index (χ0n) is 15.9. The van der Waals surface area contributed by atoms with E-state index in [1.54, 1.807) is 24.3 Å². The maximum absolute atomic E-state index is 13.5. The van der Waals surface area contributed by atoms with Crippen LogP contribution in [0.5, 0.6) is 0 Å². The number of nitrogens with zero attached hydrogens (tertiary/aromatic N) is 2. The van der Waals surface area contributed by atoms with Gasteiger partial charge in [-0.1, -0.05) is 41.9 Å². The number of hydrogen-bond acceptors (Lipinski definition) is 4. The Morgan fingerprint density at radius 2 is 1.83 bits per heavy atom. The van der Waals surface area contributed by atoms with Crippen LogP contribution < -0.4 is 4.90 Å². The Labute approximate surface area is 174 Å². The van der Waals surface area contributed by atoms with Crippen LogP contribution in [0.2, 0.25) is 5.02 Å². The Morgan fingerprint density at radius 1 is 1.03 bits per heavy atom. The molecule has 3 aliphatic heterocycles. The standard InChI is InChI=1S/C23H21ClN2O3/c24-17-9-7-16(8-10-17)20-21(25-12-11-15-4-1-2-6-19(15)25)23(28)26(22(20)27)14-18-5-3-13-29-18/h1-2,4,6-10,18H,3,5,11-14H2. The number of halogens is 1. The van der Waals surface area contributed by atoms with Gasteiger partial charge in [-0.3, -0.25) is 14.5 Å². The first-order valence-corrected chi connectivity index (χ1v) is 10.3. The third-order valence-corrected chi connectivity index (χ3v) is 6.10. The summed E-state index contributed by atoms with van der Waals surface area (Å²) in [5, 5.41) is 0.593. The number of ether oxygens (including phenoxy) is 1. The molecule has 3 heterocycles. The van der Waals surface area contributed by atoms with Crippen LogP contribution in [0.1, 0.15) is 24.0 Å². The lowest BCUT2D eigenvalue weighted by molar-refractivity contribution is -0.138. The van der Waals surface area contributed by atoms with Crippen LogP contribution in [0.4, 0.5) is 5.69 Å². The maximum Gasteiger partial charge on any atom is 0.278 e. The molecule has 3 aliphatic rings. The van der Waals surface area contributed by atoms with Crippen LogP contribution in [0, 0.1) is 0 Å². The molecule has 0 radical (unpaired) electrons. The van der Waals surface area contributed by atoms with Crippen molar-refractivity contribution in [2.24, 2.45) is 0 Å². The Kier molecular flexibility index (Phi) is 4.64. The zero-order valence-corrected chi connectivity index (χ0v) is 16.7. The maximum atomic E-state index is 13.5. The second-order valence-corrected chi connectivity index (χ2v) is 8.05. The van der Waals surface area contributed by atoms with Crippen molar-refractivity contribution >= 4 is 34.7 Å². The summed E-state index contributed by atoms with van der Waals surface area (Å²) in [6, 6.07) is 15.2. The molecule has 1 fully saturated rings. The summed E-state index contributed by atoms with van der Waals surface area (Å²) in [5.41, 5.74) is 3.80. The molecule has 2 amide bonds. The second kappa shape index (κ2) is 7.32. The monoisotopic (exact) mass is 408 g/mol. The molecular formula is C23H21ClN2O3.